The average molecular weight is 383 g/mol. The van der Waals surface area contributed by atoms with Crippen LogP contribution < -0.4 is 4.72 Å². The second-order valence-electron chi connectivity index (χ2n) is 7.47. The Kier molecular flexibility index (Phi) is 5.45. The number of sulfonamides is 1. The molecule has 0 amide bonds. The summed E-state index contributed by atoms with van der Waals surface area (Å²) in [5.41, 5.74) is -0.213. The van der Waals surface area contributed by atoms with Gasteiger partial charge >= 0.3 is 5.97 Å². The van der Waals surface area contributed by atoms with Crippen molar-refractivity contribution in [3.05, 3.63) is 23.7 Å². The third-order valence-corrected chi connectivity index (χ3v) is 4.64. The van der Waals surface area contributed by atoms with Crippen LogP contribution in [0.2, 0.25) is 0 Å². The van der Waals surface area contributed by atoms with Crippen molar-refractivity contribution in [1.82, 2.24) is 20.0 Å². The van der Waals surface area contributed by atoms with Gasteiger partial charge < -0.3 is 4.74 Å². The van der Waals surface area contributed by atoms with Crippen LogP contribution in [0.15, 0.2) is 17.2 Å². The molecule has 144 valence electrons. The van der Waals surface area contributed by atoms with E-state index >= 15 is 0 Å². The van der Waals surface area contributed by atoms with E-state index in [1.807, 2.05) is 13.8 Å². The van der Waals surface area contributed by atoms with Gasteiger partial charge in [0.25, 0.3) is 10.0 Å². The Balaban J connectivity index is 2.18. The van der Waals surface area contributed by atoms with Crippen LogP contribution in [0.3, 0.4) is 0 Å². The Bertz CT molecular complexity index is 890. The number of aryl methyl sites for hydroxylation is 1. The van der Waals surface area contributed by atoms with Crippen molar-refractivity contribution in [2.75, 3.05) is 4.72 Å². The Morgan fingerprint density at radius 1 is 1.38 bits per heavy atom. The molecule has 0 saturated heterocycles. The number of carbonyl (C=O) groups excluding carboxylic acids is 1. The van der Waals surface area contributed by atoms with Crippen LogP contribution in [0.1, 0.15) is 50.8 Å². The molecule has 0 bridgehead atoms. The third-order valence-electron chi connectivity index (χ3n) is 3.18. The van der Waals surface area contributed by atoms with Crippen LogP contribution in [0.4, 0.5) is 5.82 Å². The maximum Gasteiger partial charge on any atom is 0.356 e. The molecule has 0 radical (unpaired) electrons. The van der Waals surface area contributed by atoms with E-state index in [1.54, 1.807) is 32.4 Å². The van der Waals surface area contributed by atoms with E-state index in [-0.39, 0.29) is 16.4 Å². The van der Waals surface area contributed by atoms with Crippen molar-refractivity contribution >= 4 is 21.8 Å². The standard InChI is InChI=1S/C16H25N5O4S/c1-10(2)8-21-9-13(11(3)19-21)26(23,24)20-14-7-12(17-18-14)15(22)25-16(4,5)6/h7,9-10H,8H2,1-6H3,(H2,17,18,20). The number of carbonyl (C=O) groups is 1. The molecule has 0 aliphatic heterocycles. The smallest absolute Gasteiger partial charge is 0.356 e. The second kappa shape index (κ2) is 7.10. The van der Waals surface area contributed by atoms with Gasteiger partial charge in [0.15, 0.2) is 5.82 Å². The molecule has 2 aromatic heterocycles. The average Bonchev–Trinajstić information content (AvgIpc) is 3.03. The minimum absolute atomic E-state index is 0.00173. The number of nitrogens with zero attached hydrogens (tertiary/aromatic N) is 3. The van der Waals surface area contributed by atoms with Gasteiger partial charge in [-0.1, -0.05) is 13.8 Å². The lowest BCUT2D eigenvalue weighted by Crippen LogP contribution is -2.24. The number of hydrogen-bond acceptors (Lipinski definition) is 6. The van der Waals surface area contributed by atoms with E-state index in [0.717, 1.165) is 0 Å². The summed E-state index contributed by atoms with van der Waals surface area (Å²) in [6, 6.07) is 1.29. The fourth-order valence-corrected chi connectivity index (χ4v) is 3.42. The summed E-state index contributed by atoms with van der Waals surface area (Å²) in [5, 5.41) is 10.5. The third kappa shape index (κ3) is 5.07. The van der Waals surface area contributed by atoms with Crippen molar-refractivity contribution in [1.29, 1.82) is 0 Å². The van der Waals surface area contributed by atoms with Crippen LogP contribution in [-0.2, 0) is 21.3 Å². The van der Waals surface area contributed by atoms with Gasteiger partial charge in [0.1, 0.15) is 16.2 Å². The highest BCUT2D eigenvalue weighted by molar-refractivity contribution is 7.92. The lowest BCUT2D eigenvalue weighted by Gasteiger charge is -2.18. The van der Waals surface area contributed by atoms with Gasteiger partial charge in [-0.15, -0.1) is 0 Å². The van der Waals surface area contributed by atoms with Crippen molar-refractivity contribution < 1.29 is 17.9 Å². The zero-order valence-corrected chi connectivity index (χ0v) is 16.6. The van der Waals surface area contributed by atoms with Crippen molar-refractivity contribution in [2.24, 2.45) is 5.92 Å². The fraction of sp³-hybridized carbons (Fsp3) is 0.562. The molecule has 9 nitrogen and oxygen atoms in total. The number of esters is 1. The first kappa shape index (κ1) is 20.0. The van der Waals surface area contributed by atoms with Gasteiger partial charge in [-0.2, -0.15) is 10.2 Å². The molecule has 10 heteroatoms. The molecule has 0 atom stereocenters. The summed E-state index contributed by atoms with van der Waals surface area (Å²) in [5.74, 6) is -0.279. The van der Waals surface area contributed by atoms with Crippen molar-refractivity contribution in [2.45, 2.75) is 58.6 Å². The molecule has 2 heterocycles. The molecule has 0 fully saturated rings. The van der Waals surface area contributed by atoms with E-state index in [0.29, 0.717) is 18.2 Å². The second-order valence-corrected chi connectivity index (χ2v) is 9.12. The topological polar surface area (TPSA) is 119 Å². The summed E-state index contributed by atoms with van der Waals surface area (Å²) < 4.78 is 34.4. The molecule has 0 aliphatic rings. The van der Waals surface area contributed by atoms with Crippen LogP contribution in [-0.4, -0.2) is 40.0 Å². The first-order valence-electron chi connectivity index (χ1n) is 8.23. The summed E-state index contributed by atoms with van der Waals surface area (Å²) in [6.45, 7) is 11.5. The molecular weight excluding hydrogens is 358 g/mol. The van der Waals surface area contributed by atoms with Crippen molar-refractivity contribution in [3.63, 3.8) is 0 Å². The minimum Gasteiger partial charge on any atom is -0.455 e. The molecule has 0 aliphatic carbocycles. The van der Waals surface area contributed by atoms with Crippen LogP contribution in [0, 0.1) is 12.8 Å². The molecule has 0 aromatic carbocycles. The number of ether oxygens (including phenoxy) is 1. The summed E-state index contributed by atoms with van der Waals surface area (Å²) in [7, 11) is -3.87. The molecule has 0 saturated carbocycles. The van der Waals surface area contributed by atoms with E-state index in [9.17, 15) is 13.2 Å². The van der Waals surface area contributed by atoms with E-state index in [1.165, 1.54) is 12.3 Å². The maximum absolute atomic E-state index is 12.6. The van der Waals surface area contributed by atoms with E-state index < -0.39 is 21.6 Å². The highest BCUT2D eigenvalue weighted by atomic mass is 32.2. The number of rotatable bonds is 6. The molecule has 2 rings (SSSR count). The van der Waals surface area contributed by atoms with Gasteiger partial charge in [-0.05, 0) is 33.6 Å². The number of hydrogen-bond donors (Lipinski definition) is 2. The fourth-order valence-electron chi connectivity index (χ4n) is 2.24. The highest BCUT2D eigenvalue weighted by Gasteiger charge is 2.24. The largest absolute Gasteiger partial charge is 0.455 e. The van der Waals surface area contributed by atoms with Gasteiger partial charge in [0, 0.05) is 18.8 Å². The number of H-pyrrole nitrogens is 1. The number of nitrogens with one attached hydrogen (secondary N) is 2. The van der Waals surface area contributed by atoms with E-state index in [4.69, 9.17) is 4.74 Å². The predicted octanol–water partition coefficient (Wildman–Crippen LogP) is 2.33. The van der Waals surface area contributed by atoms with Gasteiger partial charge in [-0.3, -0.25) is 14.5 Å². The summed E-state index contributed by atoms with van der Waals surface area (Å²) >= 11 is 0. The van der Waals surface area contributed by atoms with E-state index in [2.05, 4.69) is 20.0 Å². The lowest BCUT2D eigenvalue weighted by atomic mass is 10.2. The number of aromatic nitrogens is 4. The molecule has 26 heavy (non-hydrogen) atoms. The van der Waals surface area contributed by atoms with Gasteiger partial charge in [0.05, 0.1) is 5.69 Å². The lowest BCUT2D eigenvalue weighted by molar-refractivity contribution is 0.00628. The maximum atomic E-state index is 12.6. The first-order chi connectivity index (χ1) is 11.9. The van der Waals surface area contributed by atoms with Gasteiger partial charge in [-0.25, -0.2) is 13.2 Å². The highest BCUT2D eigenvalue weighted by Crippen LogP contribution is 2.19. The molecule has 2 aromatic rings. The van der Waals surface area contributed by atoms with Gasteiger partial charge in [0.2, 0.25) is 0 Å². The summed E-state index contributed by atoms with van der Waals surface area (Å²) in [4.78, 5) is 12.1. The Labute approximate surface area is 153 Å². The predicted molar refractivity (Wildman–Crippen MR) is 96.4 cm³/mol. The monoisotopic (exact) mass is 383 g/mol. The Morgan fingerprint density at radius 3 is 2.62 bits per heavy atom. The molecule has 2 N–H and O–H groups in total. The van der Waals surface area contributed by atoms with Crippen LogP contribution in [0.5, 0.6) is 0 Å². The number of anilines is 1. The Morgan fingerprint density at radius 2 is 2.04 bits per heavy atom. The van der Waals surface area contributed by atoms with Crippen molar-refractivity contribution in [3.8, 4) is 0 Å². The normalized spacial score (nSPS) is 12.4. The minimum atomic E-state index is -3.87. The SMILES string of the molecule is Cc1nn(CC(C)C)cc1S(=O)(=O)Nc1cc(C(=O)OC(C)(C)C)[nH]n1. The zero-order valence-electron chi connectivity index (χ0n) is 15.8. The molecule has 0 spiro atoms. The summed E-state index contributed by atoms with van der Waals surface area (Å²) in [6.07, 6.45) is 1.49. The van der Waals surface area contributed by atoms with Crippen LogP contribution >= 0.6 is 0 Å². The number of aromatic amines is 1. The Hall–Kier alpha value is -2.36. The first-order valence-corrected chi connectivity index (χ1v) is 9.71. The molecular formula is C16H25N5O4S. The molecule has 0 unspecified atom stereocenters. The zero-order chi connectivity index (χ0) is 19.7. The quantitative estimate of drug-likeness (QED) is 0.739. The van der Waals surface area contributed by atoms with Crippen LogP contribution in [0.25, 0.3) is 0 Å².